The molecule has 1 aromatic heterocycles. The van der Waals surface area contributed by atoms with Crippen LogP contribution < -0.4 is 0 Å². The molecule has 0 aliphatic carbocycles. The predicted molar refractivity (Wildman–Crippen MR) is 92.3 cm³/mol. The first-order valence-electron chi connectivity index (χ1n) is 8.69. The van der Waals surface area contributed by atoms with Crippen molar-refractivity contribution in [3.63, 3.8) is 0 Å². The van der Waals surface area contributed by atoms with E-state index in [2.05, 4.69) is 0 Å². The van der Waals surface area contributed by atoms with E-state index in [1.807, 2.05) is 47.4 Å². The molecule has 1 fully saturated rings. The van der Waals surface area contributed by atoms with E-state index in [1.165, 1.54) is 0 Å². The van der Waals surface area contributed by atoms with E-state index in [0.29, 0.717) is 0 Å². The molecular formula is C20H25NO3. The zero-order chi connectivity index (χ0) is 17.0. The average Bonchev–Trinajstić information content (AvgIpc) is 2.99. The van der Waals surface area contributed by atoms with Crippen LogP contribution in [0.5, 0.6) is 0 Å². The Balaban J connectivity index is 1.78. The molecule has 1 N–H and O–H groups in total. The van der Waals surface area contributed by atoms with Gasteiger partial charge in [0.1, 0.15) is 5.76 Å². The van der Waals surface area contributed by atoms with Crippen LogP contribution in [0.4, 0.5) is 0 Å². The van der Waals surface area contributed by atoms with E-state index in [9.17, 15) is 9.90 Å². The van der Waals surface area contributed by atoms with Gasteiger partial charge in [-0.2, -0.15) is 0 Å². The summed E-state index contributed by atoms with van der Waals surface area (Å²) in [5, 5.41) is 10.8. The Labute approximate surface area is 143 Å². The lowest BCUT2D eigenvalue weighted by Crippen LogP contribution is -2.39. The number of rotatable bonds is 4. The van der Waals surface area contributed by atoms with E-state index >= 15 is 0 Å². The first-order valence-corrected chi connectivity index (χ1v) is 8.69. The van der Waals surface area contributed by atoms with Gasteiger partial charge >= 0.3 is 0 Å². The summed E-state index contributed by atoms with van der Waals surface area (Å²) in [4.78, 5) is 14.9. The molecule has 0 bridgehead atoms. The highest BCUT2D eigenvalue weighted by molar-refractivity contribution is 5.78. The van der Waals surface area contributed by atoms with Crippen LogP contribution in [0.25, 0.3) is 0 Å². The van der Waals surface area contributed by atoms with Gasteiger partial charge in [-0.3, -0.25) is 4.79 Å². The molecule has 2 heterocycles. The molecule has 0 saturated carbocycles. The molecule has 128 valence electrons. The fraction of sp³-hybridized carbons (Fsp3) is 0.450. The predicted octanol–water partition coefficient (Wildman–Crippen LogP) is 4.02. The minimum atomic E-state index is -1.17. The van der Waals surface area contributed by atoms with Crippen molar-refractivity contribution < 1.29 is 14.3 Å². The van der Waals surface area contributed by atoms with Crippen LogP contribution in [0.15, 0.2) is 53.1 Å². The van der Waals surface area contributed by atoms with Crippen molar-refractivity contribution in [2.24, 2.45) is 0 Å². The number of nitrogens with zero attached hydrogens (tertiary/aromatic N) is 1. The summed E-state index contributed by atoms with van der Waals surface area (Å²) in [5.41, 5.74) is -0.402. The second-order valence-corrected chi connectivity index (χ2v) is 6.78. The molecule has 1 aromatic carbocycles. The number of hydrogen-bond donors (Lipinski definition) is 1. The minimum absolute atomic E-state index is 0.0212. The molecule has 1 aliphatic heterocycles. The molecule has 24 heavy (non-hydrogen) atoms. The lowest BCUT2D eigenvalue weighted by molar-refractivity contribution is -0.139. The lowest BCUT2D eigenvalue weighted by Gasteiger charge is -2.32. The monoisotopic (exact) mass is 327 g/mol. The average molecular weight is 327 g/mol. The Hall–Kier alpha value is -2.07. The number of furan rings is 1. The maximum absolute atomic E-state index is 13.0. The zero-order valence-corrected chi connectivity index (χ0v) is 14.1. The van der Waals surface area contributed by atoms with Crippen LogP contribution in [-0.2, 0) is 10.4 Å². The first-order chi connectivity index (χ1) is 11.6. The Morgan fingerprint density at radius 1 is 1.21 bits per heavy atom. The quantitative estimate of drug-likeness (QED) is 0.923. The molecule has 2 aromatic rings. The van der Waals surface area contributed by atoms with Crippen molar-refractivity contribution in [3.8, 4) is 0 Å². The third-order valence-electron chi connectivity index (χ3n) is 4.84. The highest BCUT2D eigenvalue weighted by atomic mass is 16.3. The summed E-state index contributed by atoms with van der Waals surface area (Å²) in [6, 6.07) is 13.2. The second-order valence-electron chi connectivity index (χ2n) is 6.78. The molecule has 3 rings (SSSR count). The van der Waals surface area contributed by atoms with Crippen LogP contribution in [0, 0.1) is 0 Å². The number of amides is 1. The highest BCUT2D eigenvalue weighted by Gasteiger charge is 2.33. The van der Waals surface area contributed by atoms with E-state index < -0.39 is 5.60 Å². The smallest absolute Gasteiger partial charge is 0.226 e. The standard InChI is InChI=1S/C20H25NO3/c1-20(23,16-9-4-2-5-10-16)15-19(22)21-13-7-3-6-11-17(21)18-12-8-14-24-18/h2,4-5,8-10,12,14,17,23H,3,6-7,11,13,15H2,1H3. The van der Waals surface area contributed by atoms with Gasteiger partial charge in [0.05, 0.1) is 24.3 Å². The minimum Gasteiger partial charge on any atom is -0.467 e. The van der Waals surface area contributed by atoms with Crippen LogP contribution in [0.3, 0.4) is 0 Å². The van der Waals surface area contributed by atoms with Gasteiger partial charge in [-0.05, 0) is 37.5 Å². The third-order valence-corrected chi connectivity index (χ3v) is 4.84. The molecule has 0 spiro atoms. The summed E-state index contributed by atoms with van der Waals surface area (Å²) < 4.78 is 5.57. The van der Waals surface area contributed by atoms with Gasteiger partial charge in [0, 0.05) is 6.54 Å². The molecule has 1 saturated heterocycles. The number of carbonyl (C=O) groups excluding carboxylic acids is 1. The summed E-state index contributed by atoms with van der Waals surface area (Å²) in [5.74, 6) is 0.816. The molecule has 1 amide bonds. The Kier molecular flexibility index (Phi) is 5.05. The number of aliphatic hydroxyl groups is 1. The van der Waals surface area contributed by atoms with E-state index in [0.717, 1.165) is 43.6 Å². The third kappa shape index (κ3) is 3.70. The normalized spacial score (nSPS) is 21.1. The van der Waals surface area contributed by atoms with Crippen molar-refractivity contribution in [1.82, 2.24) is 4.90 Å². The maximum Gasteiger partial charge on any atom is 0.226 e. The molecule has 0 radical (unpaired) electrons. The number of carbonyl (C=O) groups is 1. The number of likely N-dealkylation sites (tertiary alicyclic amines) is 1. The highest BCUT2D eigenvalue weighted by Crippen LogP contribution is 2.33. The second kappa shape index (κ2) is 7.22. The van der Waals surface area contributed by atoms with Gasteiger partial charge in [-0.1, -0.05) is 43.2 Å². The Morgan fingerprint density at radius 2 is 2.00 bits per heavy atom. The van der Waals surface area contributed by atoms with E-state index in [-0.39, 0.29) is 18.4 Å². The van der Waals surface area contributed by atoms with Gasteiger partial charge in [0.15, 0.2) is 0 Å². The summed E-state index contributed by atoms with van der Waals surface area (Å²) in [7, 11) is 0. The van der Waals surface area contributed by atoms with E-state index in [1.54, 1.807) is 13.2 Å². The topological polar surface area (TPSA) is 53.7 Å². The molecule has 2 atom stereocenters. The van der Waals surface area contributed by atoms with Crippen LogP contribution >= 0.6 is 0 Å². The van der Waals surface area contributed by atoms with E-state index in [4.69, 9.17) is 4.42 Å². The van der Waals surface area contributed by atoms with Gasteiger partial charge < -0.3 is 14.4 Å². The maximum atomic E-state index is 13.0. The summed E-state index contributed by atoms with van der Waals surface area (Å²) >= 11 is 0. The number of hydrogen-bond acceptors (Lipinski definition) is 3. The van der Waals surface area contributed by atoms with Gasteiger partial charge in [0.2, 0.25) is 5.91 Å². The molecule has 4 nitrogen and oxygen atoms in total. The van der Waals surface area contributed by atoms with Crippen LogP contribution in [0.1, 0.15) is 56.4 Å². The summed E-state index contributed by atoms with van der Waals surface area (Å²) in [6.45, 7) is 2.43. The van der Waals surface area contributed by atoms with Crippen LogP contribution in [0.2, 0.25) is 0 Å². The molecule has 1 aliphatic rings. The SMILES string of the molecule is CC(O)(CC(=O)N1CCCCCC1c1ccco1)c1ccccc1. The molecular weight excluding hydrogens is 302 g/mol. The Morgan fingerprint density at radius 3 is 2.71 bits per heavy atom. The number of benzene rings is 1. The summed E-state index contributed by atoms with van der Waals surface area (Å²) in [6.07, 6.45) is 5.85. The van der Waals surface area contributed by atoms with Crippen molar-refractivity contribution in [2.75, 3.05) is 6.54 Å². The lowest BCUT2D eigenvalue weighted by atomic mass is 9.91. The fourth-order valence-corrected chi connectivity index (χ4v) is 3.48. The van der Waals surface area contributed by atoms with Crippen molar-refractivity contribution >= 4 is 5.91 Å². The Bertz CT molecular complexity index is 649. The zero-order valence-electron chi connectivity index (χ0n) is 14.1. The molecule has 2 unspecified atom stereocenters. The molecule has 4 heteroatoms. The van der Waals surface area contributed by atoms with Gasteiger partial charge in [-0.15, -0.1) is 0 Å². The van der Waals surface area contributed by atoms with Crippen LogP contribution in [-0.4, -0.2) is 22.5 Å². The van der Waals surface area contributed by atoms with Crippen molar-refractivity contribution in [1.29, 1.82) is 0 Å². The van der Waals surface area contributed by atoms with Crippen molar-refractivity contribution in [2.45, 2.75) is 50.7 Å². The largest absolute Gasteiger partial charge is 0.467 e. The first kappa shape index (κ1) is 16.8. The van der Waals surface area contributed by atoms with Gasteiger partial charge in [-0.25, -0.2) is 0 Å². The van der Waals surface area contributed by atoms with Gasteiger partial charge in [0.25, 0.3) is 0 Å². The van der Waals surface area contributed by atoms with Crippen molar-refractivity contribution in [3.05, 3.63) is 60.1 Å². The fourth-order valence-electron chi connectivity index (χ4n) is 3.48.